The second-order valence-corrected chi connectivity index (χ2v) is 12.0. The van der Waals surface area contributed by atoms with Gasteiger partial charge in [-0.3, -0.25) is 0 Å². The molecule has 1 aromatic rings. The molecule has 1 rings (SSSR count). The number of carbonyl (C=O) groups is 1. The van der Waals surface area contributed by atoms with Crippen LogP contribution in [0.15, 0.2) is 12.1 Å². The molecule has 0 saturated carbocycles. The maximum absolute atomic E-state index is 12.0. The zero-order valence-electron chi connectivity index (χ0n) is 17.2. The maximum atomic E-state index is 12.0. The SMILES string of the molecule is CCCC([Si])c1c(C=CC(=O)OO[Si](C)(C)C)cc(OC)c(OC)c1OC. The van der Waals surface area contributed by atoms with Gasteiger partial charge < -0.3 is 19.1 Å². The van der Waals surface area contributed by atoms with Crippen molar-refractivity contribution in [3.63, 3.8) is 0 Å². The lowest BCUT2D eigenvalue weighted by atomic mass is 9.98. The molecule has 8 heteroatoms. The molecule has 0 aliphatic heterocycles. The summed E-state index contributed by atoms with van der Waals surface area (Å²) in [5.41, 5.74) is 1.66. The Balaban J connectivity index is 3.34. The van der Waals surface area contributed by atoms with Crippen LogP contribution in [-0.4, -0.2) is 45.9 Å². The summed E-state index contributed by atoms with van der Waals surface area (Å²) in [6.07, 6.45) is 4.85. The molecule has 0 bridgehead atoms. The minimum absolute atomic E-state index is 0.0126. The van der Waals surface area contributed by atoms with Crippen molar-refractivity contribution in [1.82, 2.24) is 0 Å². The first-order valence-corrected chi connectivity index (χ1v) is 12.8. The molecule has 1 unspecified atom stereocenters. The Bertz CT molecular complexity index is 667. The van der Waals surface area contributed by atoms with Crippen LogP contribution in [0, 0.1) is 0 Å². The Kier molecular flexibility index (Phi) is 9.07. The number of benzene rings is 1. The van der Waals surface area contributed by atoms with E-state index >= 15 is 0 Å². The monoisotopic (exact) mass is 409 g/mol. The molecule has 0 amide bonds. The van der Waals surface area contributed by atoms with Gasteiger partial charge in [-0.05, 0) is 49.3 Å². The van der Waals surface area contributed by atoms with Crippen LogP contribution in [0.1, 0.15) is 36.4 Å². The summed E-state index contributed by atoms with van der Waals surface area (Å²) >= 11 is 0. The van der Waals surface area contributed by atoms with Crippen LogP contribution in [0.25, 0.3) is 6.08 Å². The molecule has 0 heterocycles. The molecule has 1 aromatic carbocycles. The highest BCUT2D eigenvalue weighted by atomic mass is 28.4. The lowest BCUT2D eigenvalue weighted by Crippen LogP contribution is -2.26. The van der Waals surface area contributed by atoms with Gasteiger partial charge in [-0.2, -0.15) is 0 Å². The molecule has 149 valence electrons. The normalized spacial score (nSPS) is 12.7. The van der Waals surface area contributed by atoms with Gasteiger partial charge in [0.2, 0.25) is 14.1 Å². The van der Waals surface area contributed by atoms with Crippen LogP contribution >= 0.6 is 0 Å². The van der Waals surface area contributed by atoms with E-state index in [4.69, 9.17) is 23.7 Å². The van der Waals surface area contributed by atoms with Crippen LogP contribution in [0.4, 0.5) is 0 Å². The summed E-state index contributed by atoms with van der Waals surface area (Å²) in [5, 5.41) is 0. The van der Waals surface area contributed by atoms with Crippen LogP contribution in [0.2, 0.25) is 19.6 Å². The Morgan fingerprint density at radius 2 is 1.78 bits per heavy atom. The average Bonchev–Trinajstić information content (AvgIpc) is 2.62. The third-order valence-corrected chi connectivity index (χ3v) is 4.76. The van der Waals surface area contributed by atoms with E-state index in [0.717, 1.165) is 24.0 Å². The Hall–Kier alpha value is -1.78. The number of hydrogen-bond donors (Lipinski definition) is 0. The number of methoxy groups -OCH3 is 3. The minimum atomic E-state index is -1.95. The van der Waals surface area contributed by atoms with Gasteiger partial charge in [-0.25, -0.2) is 9.37 Å². The second-order valence-electron chi connectivity index (χ2n) is 6.92. The summed E-state index contributed by atoms with van der Waals surface area (Å²) in [7, 11) is 6.52. The van der Waals surface area contributed by atoms with E-state index in [2.05, 4.69) is 17.2 Å². The standard InChI is InChI=1S/C19H29O6Si2/c1-8-9-15(26)17-13(10-11-16(20)24-25-27(5,6)7)12-14(21-2)18(22-3)19(17)23-4/h10-12,15H,8-9H2,1-7H3. The van der Waals surface area contributed by atoms with Crippen molar-refractivity contribution in [2.45, 2.75) is 44.9 Å². The van der Waals surface area contributed by atoms with Crippen molar-refractivity contribution in [3.8, 4) is 17.2 Å². The fraction of sp³-hybridized carbons (Fsp3) is 0.526. The Morgan fingerprint density at radius 3 is 2.26 bits per heavy atom. The molecular formula is C19H29O6Si2. The van der Waals surface area contributed by atoms with Crippen LogP contribution in [0.5, 0.6) is 17.2 Å². The Labute approximate surface area is 166 Å². The van der Waals surface area contributed by atoms with Crippen molar-refractivity contribution in [3.05, 3.63) is 23.3 Å². The largest absolute Gasteiger partial charge is 0.493 e. The highest BCUT2D eigenvalue weighted by molar-refractivity contribution is 6.69. The van der Waals surface area contributed by atoms with Gasteiger partial charge in [0, 0.05) is 21.9 Å². The van der Waals surface area contributed by atoms with Crippen molar-refractivity contribution < 1.29 is 28.5 Å². The zero-order valence-corrected chi connectivity index (χ0v) is 19.2. The Morgan fingerprint density at radius 1 is 1.15 bits per heavy atom. The number of hydrogen-bond acceptors (Lipinski definition) is 6. The summed E-state index contributed by atoms with van der Waals surface area (Å²) in [4.78, 5) is 16.9. The van der Waals surface area contributed by atoms with E-state index in [1.165, 1.54) is 6.08 Å². The molecule has 0 saturated heterocycles. The summed E-state index contributed by atoms with van der Waals surface area (Å²) in [6.45, 7) is 7.89. The fourth-order valence-electron chi connectivity index (χ4n) is 2.48. The van der Waals surface area contributed by atoms with Crippen LogP contribution in [-0.2, 0) is 14.3 Å². The predicted octanol–water partition coefficient (Wildman–Crippen LogP) is 4.05. The number of ether oxygens (including phenoxy) is 3. The molecule has 0 aliphatic rings. The van der Waals surface area contributed by atoms with Crippen LogP contribution in [0.3, 0.4) is 0 Å². The van der Waals surface area contributed by atoms with E-state index in [-0.39, 0.29) is 5.54 Å². The van der Waals surface area contributed by atoms with Crippen molar-refractivity contribution in [2.75, 3.05) is 21.3 Å². The van der Waals surface area contributed by atoms with Crippen molar-refractivity contribution in [2.24, 2.45) is 0 Å². The van der Waals surface area contributed by atoms with Gasteiger partial charge in [-0.15, -0.1) is 0 Å². The molecule has 0 aromatic heterocycles. The maximum Gasteiger partial charge on any atom is 0.364 e. The molecule has 6 nitrogen and oxygen atoms in total. The number of carbonyl (C=O) groups excluding carboxylic acids is 1. The van der Waals surface area contributed by atoms with Gasteiger partial charge in [0.25, 0.3) is 0 Å². The third-order valence-electron chi connectivity index (χ3n) is 3.60. The second kappa shape index (κ2) is 10.5. The van der Waals surface area contributed by atoms with Gasteiger partial charge >= 0.3 is 5.97 Å². The van der Waals surface area contributed by atoms with E-state index < -0.39 is 14.3 Å². The van der Waals surface area contributed by atoms with E-state index in [1.54, 1.807) is 27.4 Å². The third kappa shape index (κ3) is 6.71. The molecule has 0 spiro atoms. The molecule has 3 radical (unpaired) electrons. The van der Waals surface area contributed by atoms with Gasteiger partial charge in [0.15, 0.2) is 11.5 Å². The molecule has 1 atom stereocenters. The first-order chi connectivity index (χ1) is 12.7. The van der Waals surface area contributed by atoms with E-state index in [9.17, 15) is 4.79 Å². The quantitative estimate of drug-likeness (QED) is 0.251. The minimum Gasteiger partial charge on any atom is -0.493 e. The smallest absolute Gasteiger partial charge is 0.364 e. The summed E-state index contributed by atoms with van der Waals surface area (Å²) < 4.78 is 21.7. The lowest BCUT2D eigenvalue weighted by molar-refractivity contribution is -0.213. The average molecular weight is 410 g/mol. The molecule has 0 aliphatic carbocycles. The summed E-state index contributed by atoms with van der Waals surface area (Å²) in [5.74, 6) is 1.02. The van der Waals surface area contributed by atoms with Gasteiger partial charge in [0.05, 0.1) is 21.3 Å². The van der Waals surface area contributed by atoms with Crippen molar-refractivity contribution >= 4 is 30.6 Å². The van der Waals surface area contributed by atoms with Gasteiger partial charge in [-0.1, -0.05) is 13.3 Å². The lowest BCUT2D eigenvalue weighted by Gasteiger charge is -2.22. The van der Waals surface area contributed by atoms with Gasteiger partial charge in [0.1, 0.15) is 0 Å². The topological polar surface area (TPSA) is 63.2 Å². The first kappa shape index (κ1) is 23.3. The zero-order chi connectivity index (χ0) is 20.6. The molecule has 0 fully saturated rings. The first-order valence-electron chi connectivity index (χ1n) is 8.80. The molecular weight excluding hydrogens is 380 g/mol. The molecule has 27 heavy (non-hydrogen) atoms. The van der Waals surface area contributed by atoms with E-state index in [1.807, 2.05) is 25.7 Å². The predicted molar refractivity (Wildman–Crippen MR) is 109 cm³/mol. The summed E-state index contributed by atoms with van der Waals surface area (Å²) in [6, 6.07) is 1.81. The van der Waals surface area contributed by atoms with Crippen LogP contribution < -0.4 is 14.2 Å². The highest BCUT2D eigenvalue weighted by Crippen LogP contribution is 2.45. The number of rotatable bonds is 10. The highest BCUT2D eigenvalue weighted by Gasteiger charge is 2.23. The van der Waals surface area contributed by atoms with Crippen molar-refractivity contribution in [1.29, 1.82) is 0 Å². The fourth-order valence-corrected chi connectivity index (χ4v) is 3.40. The molecule has 0 N–H and O–H groups in total. The van der Waals surface area contributed by atoms with E-state index in [0.29, 0.717) is 17.2 Å².